The summed E-state index contributed by atoms with van der Waals surface area (Å²) in [6, 6.07) is 16.4. The first-order valence-corrected chi connectivity index (χ1v) is 13.2. The summed E-state index contributed by atoms with van der Waals surface area (Å²) in [6.07, 6.45) is 4.09. The smallest absolute Gasteiger partial charge is 0.326 e. The average Bonchev–Trinajstić information content (AvgIpc) is 3.76. The minimum Gasteiger partial charge on any atom is -0.480 e. The van der Waals surface area contributed by atoms with Gasteiger partial charge in [-0.1, -0.05) is 23.4 Å². The van der Waals surface area contributed by atoms with Gasteiger partial charge in [-0.2, -0.15) is 5.26 Å². The first-order valence-electron chi connectivity index (χ1n) is 13.2. The number of carboxylic acid groups (broad SMARTS) is 1. The highest BCUT2D eigenvalue weighted by Crippen LogP contribution is 2.27. The lowest BCUT2D eigenvalue weighted by Crippen LogP contribution is -2.36. The van der Waals surface area contributed by atoms with E-state index in [1.165, 1.54) is 0 Å². The summed E-state index contributed by atoms with van der Waals surface area (Å²) in [6.45, 7) is 2.29. The molecule has 2 N–H and O–H groups in total. The first-order chi connectivity index (χ1) is 19.6. The van der Waals surface area contributed by atoms with Crippen LogP contribution < -0.4 is 10.2 Å². The molecule has 2 atom stereocenters. The lowest BCUT2D eigenvalue weighted by molar-refractivity contribution is -0.138. The second kappa shape index (κ2) is 11.1. The van der Waals surface area contributed by atoms with Gasteiger partial charge in [-0.05, 0) is 49.6 Å². The molecule has 2 fully saturated rings. The molecule has 1 aromatic carbocycles. The van der Waals surface area contributed by atoms with Crippen molar-refractivity contribution in [2.75, 3.05) is 30.0 Å². The number of aromatic nitrogens is 6. The fourth-order valence-corrected chi connectivity index (χ4v) is 5.04. The number of carbonyl (C=O) groups is 1. The van der Waals surface area contributed by atoms with E-state index in [1.54, 1.807) is 23.0 Å². The van der Waals surface area contributed by atoms with Gasteiger partial charge in [0.25, 0.3) is 0 Å². The van der Waals surface area contributed by atoms with Gasteiger partial charge in [0.15, 0.2) is 0 Å². The van der Waals surface area contributed by atoms with Crippen LogP contribution in [0.15, 0.2) is 54.7 Å². The van der Waals surface area contributed by atoms with Gasteiger partial charge in [0.2, 0.25) is 5.95 Å². The van der Waals surface area contributed by atoms with Gasteiger partial charge in [-0.3, -0.25) is 0 Å². The Hall–Kier alpha value is -4.89. The Bertz CT molecular complexity index is 1580. The summed E-state index contributed by atoms with van der Waals surface area (Å²) < 4.78 is 7.17. The number of anilines is 2. The summed E-state index contributed by atoms with van der Waals surface area (Å²) in [5, 5.41) is 30.9. The van der Waals surface area contributed by atoms with Crippen LogP contribution in [-0.2, 0) is 16.1 Å². The zero-order valence-electron chi connectivity index (χ0n) is 21.6. The number of nitriles is 1. The summed E-state index contributed by atoms with van der Waals surface area (Å²) in [4.78, 5) is 27.6. The number of hydrogen-bond donors (Lipinski definition) is 2. The van der Waals surface area contributed by atoms with Crippen molar-refractivity contribution in [3.05, 3.63) is 66.0 Å². The highest BCUT2D eigenvalue weighted by atomic mass is 16.5. The Morgan fingerprint density at radius 1 is 1.10 bits per heavy atom. The van der Waals surface area contributed by atoms with Gasteiger partial charge in [-0.15, -0.1) is 5.10 Å². The Balaban J connectivity index is 1.27. The minimum absolute atomic E-state index is 0.110. The zero-order chi connectivity index (χ0) is 27.5. The van der Waals surface area contributed by atoms with Crippen LogP contribution in [0, 0.1) is 11.3 Å². The first kappa shape index (κ1) is 25.4. The van der Waals surface area contributed by atoms with Crippen LogP contribution in [0.25, 0.3) is 22.6 Å². The van der Waals surface area contributed by atoms with Gasteiger partial charge in [0.1, 0.15) is 17.6 Å². The number of rotatable bonds is 8. The number of carboxylic acids is 1. The van der Waals surface area contributed by atoms with Gasteiger partial charge >= 0.3 is 5.97 Å². The molecule has 0 bridgehead atoms. The quantitative estimate of drug-likeness (QED) is 0.341. The molecule has 202 valence electrons. The van der Waals surface area contributed by atoms with Crippen LogP contribution in [0.4, 0.5) is 11.8 Å². The highest BCUT2D eigenvalue weighted by molar-refractivity contribution is 5.78. The van der Waals surface area contributed by atoms with Crippen LogP contribution >= 0.6 is 0 Å². The van der Waals surface area contributed by atoms with Crippen molar-refractivity contribution in [1.29, 1.82) is 5.26 Å². The fraction of sp³-hybridized carbons (Fsp3) is 0.321. The van der Waals surface area contributed by atoms with Crippen molar-refractivity contribution in [3.8, 4) is 28.7 Å². The largest absolute Gasteiger partial charge is 0.480 e. The van der Waals surface area contributed by atoms with Crippen LogP contribution in [-0.4, -0.2) is 72.9 Å². The standard InChI is InChI=1S/C28H27N9O3/c29-14-18-4-1-5-19(12-18)22-13-23(33-28(32-22)31-21-9-11-40-17-21)24-16-36(35-34-24)15-20-6-2-8-26(30-20)37-10-3-7-25(37)27(38)39/h1-2,4-6,8,12-13,16,21,25H,3,7,9-11,15,17H2,(H,38,39)(H,31,32,33)/t21?,25-/m1/s1. The predicted molar refractivity (Wildman–Crippen MR) is 145 cm³/mol. The summed E-state index contributed by atoms with van der Waals surface area (Å²) in [7, 11) is 0. The van der Waals surface area contributed by atoms with Gasteiger partial charge < -0.3 is 20.1 Å². The summed E-state index contributed by atoms with van der Waals surface area (Å²) in [5.74, 6) is 0.269. The fourth-order valence-electron chi connectivity index (χ4n) is 5.04. The molecule has 2 aliphatic rings. The Morgan fingerprint density at radius 3 is 2.80 bits per heavy atom. The van der Waals surface area contributed by atoms with Gasteiger partial charge in [-0.25, -0.2) is 24.4 Å². The molecule has 12 heteroatoms. The Labute approximate surface area is 230 Å². The number of aliphatic carboxylic acids is 1. The highest BCUT2D eigenvalue weighted by Gasteiger charge is 2.31. The van der Waals surface area contributed by atoms with Gasteiger partial charge in [0.05, 0.1) is 54.1 Å². The normalized spacial score (nSPS) is 18.5. The van der Waals surface area contributed by atoms with E-state index in [0.29, 0.717) is 67.1 Å². The van der Waals surface area contributed by atoms with E-state index in [1.807, 2.05) is 41.3 Å². The van der Waals surface area contributed by atoms with Crippen LogP contribution in [0.2, 0.25) is 0 Å². The molecular formula is C28H27N9O3. The SMILES string of the molecule is N#Cc1cccc(-c2cc(-c3cn(Cc4cccc(N5CCC[C@@H]5C(=O)O)n4)nn3)nc(NC3CCOC3)n2)c1. The van der Waals surface area contributed by atoms with Crippen molar-refractivity contribution in [2.24, 2.45) is 0 Å². The molecule has 1 unspecified atom stereocenters. The van der Waals surface area contributed by atoms with Crippen LogP contribution in [0.5, 0.6) is 0 Å². The Morgan fingerprint density at radius 2 is 1.98 bits per heavy atom. The topological polar surface area (TPSA) is 155 Å². The summed E-state index contributed by atoms with van der Waals surface area (Å²) in [5.41, 5.74) is 3.89. The van der Waals surface area contributed by atoms with Crippen molar-refractivity contribution in [3.63, 3.8) is 0 Å². The van der Waals surface area contributed by atoms with E-state index in [4.69, 9.17) is 19.7 Å². The number of pyridine rings is 1. The number of ether oxygens (including phenoxy) is 1. The van der Waals surface area contributed by atoms with Crippen molar-refractivity contribution in [2.45, 2.75) is 37.9 Å². The lowest BCUT2D eigenvalue weighted by atomic mass is 10.1. The second-order valence-electron chi connectivity index (χ2n) is 9.84. The Kier molecular flexibility index (Phi) is 7.03. The van der Waals surface area contributed by atoms with E-state index in [9.17, 15) is 15.2 Å². The number of nitrogens with zero attached hydrogens (tertiary/aromatic N) is 8. The molecular weight excluding hydrogens is 510 g/mol. The molecule has 0 saturated carbocycles. The van der Waals surface area contributed by atoms with E-state index < -0.39 is 12.0 Å². The molecule has 5 heterocycles. The van der Waals surface area contributed by atoms with E-state index >= 15 is 0 Å². The third-order valence-electron chi connectivity index (χ3n) is 7.03. The number of nitrogens with one attached hydrogen (secondary N) is 1. The van der Waals surface area contributed by atoms with E-state index in [2.05, 4.69) is 21.7 Å². The maximum Gasteiger partial charge on any atom is 0.326 e. The third kappa shape index (κ3) is 5.45. The average molecular weight is 538 g/mol. The second-order valence-corrected chi connectivity index (χ2v) is 9.84. The molecule has 12 nitrogen and oxygen atoms in total. The minimum atomic E-state index is -0.830. The molecule has 0 aliphatic carbocycles. The maximum absolute atomic E-state index is 11.6. The molecule has 2 saturated heterocycles. The van der Waals surface area contributed by atoms with Crippen molar-refractivity contribution < 1.29 is 14.6 Å². The molecule has 6 rings (SSSR count). The molecule has 0 amide bonds. The lowest BCUT2D eigenvalue weighted by Gasteiger charge is -2.22. The molecule has 3 aromatic heterocycles. The van der Waals surface area contributed by atoms with Crippen molar-refractivity contribution >= 4 is 17.7 Å². The van der Waals surface area contributed by atoms with Crippen LogP contribution in [0.3, 0.4) is 0 Å². The molecule has 2 aliphatic heterocycles. The zero-order valence-corrected chi connectivity index (χ0v) is 21.6. The predicted octanol–water partition coefficient (Wildman–Crippen LogP) is 2.97. The summed E-state index contributed by atoms with van der Waals surface area (Å²) >= 11 is 0. The van der Waals surface area contributed by atoms with Gasteiger partial charge in [0, 0.05) is 18.7 Å². The third-order valence-corrected chi connectivity index (χ3v) is 7.03. The van der Waals surface area contributed by atoms with E-state index in [-0.39, 0.29) is 6.04 Å². The molecule has 0 radical (unpaired) electrons. The van der Waals surface area contributed by atoms with E-state index in [0.717, 1.165) is 24.1 Å². The molecule has 4 aromatic rings. The number of benzene rings is 1. The molecule has 0 spiro atoms. The number of hydrogen-bond acceptors (Lipinski definition) is 10. The van der Waals surface area contributed by atoms with Crippen LogP contribution in [0.1, 0.15) is 30.5 Å². The monoisotopic (exact) mass is 537 g/mol. The maximum atomic E-state index is 11.6. The van der Waals surface area contributed by atoms with Crippen molar-refractivity contribution in [1.82, 2.24) is 29.9 Å². The molecule has 40 heavy (non-hydrogen) atoms.